The lowest BCUT2D eigenvalue weighted by Gasteiger charge is -2.36. The number of nitrogen functional groups attached to an aromatic ring is 1. The highest BCUT2D eigenvalue weighted by atomic mass is 32.2. The van der Waals surface area contributed by atoms with Crippen LogP contribution < -0.4 is 16.4 Å². The lowest BCUT2D eigenvalue weighted by molar-refractivity contribution is -0.245. The SMILES string of the molecule is Cn1cnnc1SC[C@@H]1C[C@H](c2ccc(CO)cc2)O[C@H](c2ccc(-c3cccc(CNC(=O)CCCC(=O)Nc4ccccc4N)c3)cc2)O1. The molecule has 1 aliphatic heterocycles. The van der Waals surface area contributed by atoms with Crippen LogP contribution in [0.4, 0.5) is 11.4 Å². The Kier molecular flexibility index (Phi) is 12.1. The van der Waals surface area contributed by atoms with E-state index in [0.717, 1.165) is 38.5 Å². The number of aryl methyl sites for hydroxylation is 1. The molecule has 5 aromatic rings. The highest BCUT2D eigenvalue weighted by Crippen LogP contribution is 2.39. The van der Waals surface area contributed by atoms with Crippen LogP contribution in [0.25, 0.3) is 11.1 Å². The number of nitrogens with one attached hydrogen (secondary N) is 2. The Morgan fingerprint density at radius 2 is 1.67 bits per heavy atom. The second-order valence-corrected chi connectivity index (χ2v) is 13.5. The molecule has 0 spiro atoms. The van der Waals surface area contributed by atoms with Crippen molar-refractivity contribution in [2.75, 3.05) is 16.8 Å². The predicted octanol–water partition coefficient (Wildman–Crippen LogP) is 6.32. The molecule has 0 unspecified atom stereocenters. The fraction of sp³-hybridized carbons (Fsp3) is 0.282. The molecule has 2 heterocycles. The number of aliphatic hydroxyl groups is 1. The first kappa shape index (κ1) is 35.8. The number of nitrogens with two attached hydrogens (primary N) is 1. The van der Waals surface area contributed by atoms with E-state index in [9.17, 15) is 14.7 Å². The average molecular weight is 707 g/mol. The van der Waals surface area contributed by atoms with Gasteiger partial charge >= 0.3 is 0 Å². The van der Waals surface area contributed by atoms with E-state index in [4.69, 9.17) is 15.2 Å². The molecule has 264 valence electrons. The van der Waals surface area contributed by atoms with Crippen LogP contribution in [-0.4, -0.2) is 43.5 Å². The van der Waals surface area contributed by atoms with Gasteiger partial charge in [-0.1, -0.05) is 90.6 Å². The lowest BCUT2D eigenvalue weighted by atomic mass is 9.99. The van der Waals surface area contributed by atoms with Crippen LogP contribution in [0, 0.1) is 0 Å². The number of amides is 2. The number of benzene rings is 4. The molecular weight excluding hydrogens is 665 g/mol. The summed E-state index contributed by atoms with van der Waals surface area (Å²) in [5, 5.41) is 24.3. The predicted molar refractivity (Wildman–Crippen MR) is 197 cm³/mol. The fourth-order valence-corrected chi connectivity index (χ4v) is 6.71. The van der Waals surface area contributed by atoms with Gasteiger partial charge in [0.2, 0.25) is 11.8 Å². The van der Waals surface area contributed by atoms with E-state index < -0.39 is 6.29 Å². The van der Waals surface area contributed by atoms with Crippen LogP contribution in [0.2, 0.25) is 0 Å². The first-order valence-electron chi connectivity index (χ1n) is 16.9. The van der Waals surface area contributed by atoms with Gasteiger partial charge in [-0.15, -0.1) is 10.2 Å². The summed E-state index contributed by atoms with van der Waals surface area (Å²) in [6.07, 6.45) is 2.44. The number of aromatic nitrogens is 3. The molecule has 2 amide bonds. The largest absolute Gasteiger partial charge is 0.397 e. The van der Waals surface area contributed by atoms with Gasteiger partial charge < -0.3 is 35.5 Å². The van der Waals surface area contributed by atoms with Crippen LogP contribution in [0.15, 0.2) is 109 Å². The maximum Gasteiger partial charge on any atom is 0.224 e. The van der Waals surface area contributed by atoms with Gasteiger partial charge in [0, 0.05) is 44.2 Å². The first-order chi connectivity index (χ1) is 24.8. The third-order valence-electron chi connectivity index (χ3n) is 8.66. The third-order valence-corrected chi connectivity index (χ3v) is 9.82. The summed E-state index contributed by atoms with van der Waals surface area (Å²) in [5.74, 6) is 0.407. The van der Waals surface area contributed by atoms with Crippen molar-refractivity contribution in [2.45, 2.75) is 62.5 Å². The van der Waals surface area contributed by atoms with Crippen LogP contribution in [0.1, 0.15) is 60.3 Å². The van der Waals surface area contributed by atoms with Crippen molar-refractivity contribution in [1.29, 1.82) is 0 Å². The molecule has 3 atom stereocenters. The molecule has 1 saturated heterocycles. The van der Waals surface area contributed by atoms with Gasteiger partial charge in [0.1, 0.15) is 6.33 Å². The number of thioether (sulfide) groups is 1. The number of ether oxygens (including phenoxy) is 2. The summed E-state index contributed by atoms with van der Waals surface area (Å²) in [4.78, 5) is 24.8. The number of para-hydroxylation sites is 2. The first-order valence-corrected chi connectivity index (χ1v) is 17.9. The van der Waals surface area contributed by atoms with E-state index in [-0.39, 0.29) is 43.5 Å². The average Bonchev–Trinajstić information content (AvgIpc) is 3.58. The highest BCUT2D eigenvalue weighted by molar-refractivity contribution is 7.99. The number of carbonyl (C=O) groups is 2. The van der Waals surface area contributed by atoms with Crippen molar-refractivity contribution >= 4 is 35.0 Å². The van der Waals surface area contributed by atoms with Gasteiger partial charge in [0.25, 0.3) is 0 Å². The van der Waals surface area contributed by atoms with E-state index in [0.29, 0.717) is 36.5 Å². The second kappa shape index (κ2) is 17.3. The summed E-state index contributed by atoms with van der Waals surface area (Å²) >= 11 is 1.60. The van der Waals surface area contributed by atoms with Gasteiger partial charge in [0.15, 0.2) is 11.4 Å². The molecule has 5 N–H and O–H groups in total. The molecule has 11 nitrogen and oxygen atoms in total. The molecule has 4 aromatic carbocycles. The Morgan fingerprint density at radius 1 is 0.902 bits per heavy atom. The molecule has 0 bridgehead atoms. The Hall–Kier alpha value is -5.01. The summed E-state index contributed by atoms with van der Waals surface area (Å²) in [5.41, 5.74) is 12.8. The molecule has 0 aliphatic carbocycles. The molecule has 0 saturated carbocycles. The minimum atomic E-state index is -0.565. The zero-order valence-electron chi connectivity index (χ0n) is 28.4. The maximum absolute atomic E-state index is 12.5. The van der Waals surface area contributed by atoms with Gasteiger partial charge in [-0.3, -0.25) is 9.59 Å². The number of carbonyl (C=O) groups excluding carboxylic acids is 2. The van der Waals surface area contributed by atoms with Crippen molar-refractivity contribution in [3.05, 3.63) is 126 Å². The fourth-order valence-electron chi connectivity index (χ4n) is 5.81. The van der Waals surface area contributed by atoms with Gasteiger partial charge in [0.05, 0.1) is 30.2 Å². The number of hydrogen-bond donors (Lipinski definition) is 4. The molecular formula is C39H42N6O5S. The zero-order valence-corrected chi connectivity index (χ0v) is 29.2. The Labute approximate surface area is 301 Å². The van der Waals surface area contributed by atoms with E-state index in [2.05, 4.69) is 39.0 Å². The van der Waals surface area contributed by atoms with Crippen molar-refractivity contribution in [3.63, 3.8) is 0 Å². The van der Waals surface area contributed by atoms with Gasteiger partial charge in [-0.05, 0) is 52.4 Å². The van der Waals surface area contributed by atoms with Gasteiger partial charge in [-0.25, -0.2) is 0 Å². The minimum Gasteiger partial charge on any atom is -0.397 e. The van der Waals surface area contributed by atoms with E-state index >= 15 is 0 Å². The zero-order chi connectivity index (χ0) is 35.6. The molecule has 1 fully saturated rings. The normalized spacial score (nSPS) is 17.2. The quantitative estimate of drug-likeness (QED) is 0.0768. The summed E-state index contributed by atoms with van der Waals surface area (Å²) in [7, 11) is 1.92. The topological polar surface area (TPSA) is 154 Å². The van der Waals surface area contributed by atoms with Crippen LogP contribution in [-0.2, 0) is 39.3 Å². The number of nitrogens with zero attached hydrogens (tertiary/aromatic N) is 3. The van der Waals surface area contributed by atoms with Crippen LogP contribution in [0.3, 0.4) is 0 Å². The van der Waals surface area contributed by atoms with Crippen molar-refractivity contribution in [2.24, 2.45) is 7.05 Å². The van der Waals surface area contributed by atoms with Crippen molar-refractivity contribution < 1.29 is 24.2 Å². The van der Waals surface area contributed by atoms with Crippen LogP contribution >= 0.6 is 11.8 Å². The van der Waals surface area contributed by atoms with Crippen LogP contribution in [0.5, 0.6) is 0 Å². The third kappa shape index (κ3) is 9.83. The minimum absolute atomic E-state index is 0.00755. The standard InChI is InChI=1S/C39H42N6O5S/c1-45-25-42-44-39(45)51-24-32-21-35(29-14-12-26(23-46)13-15-29)50-38(49-32)30-18-16-28(17-19-30)31-7-4-6-27(20-31)22-41-36(47)10-5-11-37(48)43-34-9-3-2-8-33(34)40/h2-4,6-9,12-20,25,32,35,38,46H,5,10-11,21-24,40H2,1H3,(H,41,47)(H,43,48)/t32-,35+,38+/m0/s1. The highest BCUT2D eigenvalue weighted by Gasteiger charge is 2.32. The molecule has 6 rings (SSSR count). The molecule has 12 heteroatoms. The Morgan fingerprint density at radius 3 is 2.41 bits per heavy atom. The monoisotopic (exact) mass is 706 g/mol. The van der Waals surface area contributed by atoms with Crippen molar-refractivity contribution in [1.82, 2.24) is 20.1 Å². The van der Waals surface area contributed by atoms with E-state index in [1.165, 1.54) is 0 Å². The summed E-state index contributed by atoms with van der Waals surface area (Å²) in [6, 6.07) is 31.2. The molecule has 1 aliphatic rings. The maximum atomic E-state index is 12.5. The molecule has 0 radical (unpaired) electrons. The van der Waals surface area contributed by atoms with Gasteiger partial charge in [-0.2, -0.15) is 0 Å². The Bertz CT molecular complexity index is 1920. The second-order valence-electron chi connectivity index (χ2n) is 12.5. The number of rotatable bonds is 14. The summed E-state index contributed by atoms with van der Waals surface area (Å²) in [6.45, 7) is 0.377. The lowest BCUT2D eigenvalue weighted by Crippen LogP contribution is -2.31. The van der Waals surface area contributed by atoms with E-state index in [1.54, 1.807) is 42.4 Å². The number of hydrogen-bond acceptors (Lipinski definition) is 9. The molecule has 1 aromatic heterocycles. The molecule has 51 heavy (non-hydrogen) atoms. The van der Waals surface area contributed by atoms with E-state index in [1.807, 2.05) is 66.2 Å². The Balaban J connectivity index is 1.04. The smallest absolute Gasteiger partial charge is 0.224 e. The van der Waals surface area contributed by atoms with Crippen molar-refractivity contribution in [3.8, 4) is 11.1 Å². The number of anilines is 2. The number of aliphatic hydroxyl groups excluding tert-OH is 1. The summed E-state index contributed by atoms with van der Waals surface area (Å²) < 4.78 is 14.9.